The molecule has 2 fully saturated rings. The molecule has 2 unspecified atom stereocenters. The molecule has 0 N–H and O–H groups in total. The van der Waals surface area contributed by atoms with Crippen molar-refractivity contribution < 1.29 is 4.79 Å². The Morgan fingerprint density at radius 3 is 2.12 bits per heavy atom. The lowest BCUT2D eigenvalue weighted by Crippen LogP contribution is -2.38. The third-order valence-corrected chi connectivity index (χ3v) is 5.51. The summed E-state index contributed by atoms with van der Waals surface area (Å²) in [6.07, 6.45) is 11.6. The number of hydrogen-bond acceptors (Lipinski definition) is 1. The van der Waals surface area contributed by atoms with E-state index in [1.54, 1.807) is 19.0 Å². The maximum absolute atomic E-state index is 12.3. The summed E-state index contributed by atoms with van der Waals surface area (Å²) in [4.78, 5) is 13.2. The fraction of sp³-hybridized carbons (Fsp3) is 0.615. The van der Waals surface area contributed by atoms with E-state index in [0.29, 0.717) is 0 Å². The molecule has 0 bridgehead atoms. The molecule has 2 nitrogen and oxygen atoms in total. The van der Waals surface area contributed by atoms with Crippen molar-refractivity contribution in [3.05, 3.63) is 24.3 Å². The highest BCUT2D eigenvalue weighted by atomic mass is 35.5. The van der Waals surface area contributed by atoms with Gasteiger partial charge >= 0.3 is 0 Å². The van der Waals surface area contributed by atoms with Gasteiger partial charge in [0.1, 0.15) is 4.87 Å². The number of rotatable bonds is 1. The molecule has 16 heavy (non-hydrogen) atoms. The van der Waals surface area contributed by atoms with Gasteiger partial charge < -0.3 is 4.90 Å². The van der Waals surface area contributed by atoms with Crippen molar-refractivity contribution in [2.24, 2.45) is 10.8 Å². The highest BCUT2D eigenvalue weighted by Crippen LogP contribution is 2.85. The van der Waals surface area contributed by atoms with Crippen LogP contribution in [0.5, 0.6) is 0 Å². The Kier molecular flexibility index (Phi) is 1.77. The summed E-state index contributed by atoms with van der Waals surface area (Å²) in [5, 5.41) is 0. The van der Waals surface area contributed by atoms with E-state index in [9.17, 15) is 4.79 Å². The van der Waals surface area contributed by atoms with Crippen molar-refractivity contribution in [2.45, 2.75) is 24.1 Å². The lowest BCUT2D eigenvalue weighted by molar-refractivity contribution is -0.130. The molecule has 3 rings (SSSR count). The maximum Gasteiger partial charge on any atom is 0.245 e. The predicted octanol–water partition coefficient (Wildman–Crippen LogP) is 2.35. The van der Waals surface area contributed by atoms with E-state index in [1.165, 1.54) is 6.42 Å². The summed E-state index contributed by atoms with van der Waals surface area (Å²) in [5.74, 6) is 0.0602. The van der Waals surface area contributed by atoms with Crippen molar-refractivity contribution >= 4 is 17.5 Å². The maximum atomic E-state index is 12.3. The van der Waals surface area contributed by atoms with E-state index in [-0.39, 0.29) is 16.7 Å². The van der Waals surface area contributed by atoms with Gasteiger partial charge in [-0.3, -0.25) is 4.79 Å². The van der Waals surface area contributed by atoms with Crippen LogP contribution in [-0.2, 0) is 4.79 Å². The summed E-state index contributed by atoms with van der Waals surface area (Å²) in [5.41, 5.74) is -0.199. The van der Waals surface area contributed by atoms with Crippen LogP contribution in [0.25, 0.3) is 0 Å². The summed E-state index contributed by atoms with van der Waals surface area (Å²) in [7, 11) is 3.57. The van der Waals surface area contributed by atoms with Gasteiger partial charge in [-0.15, -0.1) is 11.6 Å². The minimum Gasteiger partial charge on any atom is -0.347 e. The summed E-state index contributed by atoms with van der Waals surface area (Å²) >= 11 is 6.72. The van der Waals surface area contributed by atoms with E-state index in [2.05, 4.69) is 12.2 Å². The van der Waals surface area contributed by atoms with Crippen LogP contribution in [0.4, 0.5) is 0 Å². The number of nitrogens with zero attached hydrogens (tertiary/aromatic N) is 1. The van der Waals surface area contributed by atoms with Gasteiger partial charge in [0.25, 0.3) is 0 Å². The van der Waals surface area contributed by atoms with Crippen LogP contribution in [0.15, 0.2) is 24.3 Å². The number of carbonyl (C=O) groups is 1. The predicted molar refractivity (Wildman–Crippen MR) is 64.3 cm³/mol. The first-order valence-corrected chi connectivity index (χ1v) is 6.17. The van der Waals surface area contributed by atoms with Crippen LogP contribution in [0.2, 0.25) is 0 Å². The molecule has 0 aromatic heterocycles. The Bertz CT molecular complexity index is 400. The van der Waals surface area contributed by atoms with Gasteiger partial charge in [0.15, 0.2) is 0 Å². The summed E-state index contributed by atoms with van der Waals surface area (Å²) in [6.45, 7) is 0. The Morgan fingerprint density at radius 2 is 1.69 bits per heavy atom. The number of hydrogen-bond donors (Lipinski definition) is 0. The van der Waals surface area contributed by atoms with Crippen LogP contribution < -0.4 is 0 Å². The third kappa shape index (κ3) is 0.755. The average molecular weight is 238 g/mol. The van der Waals surface area contributed by atoms with Gasteiger partial charge in [-0.1, -0.05) is 30.7 Å². The van der Waals surface area contributed by atoms with Crippen molar-refractivity contribution in [1.82, 2.24) is 4.90 Å². The zero-order valence-corrected chi connectivity index (χ0v) is 10.4. The van der Waals surface area contributed by atoms with Crippen molar-refractivity contribution in [3.63, 3.8) is 0 Å². The molecule has 2 saturated carbocycles. The fourth-order valence-corrected chi connectivity index (χ4v) is 4.74. The average Bonchev–Trinajstić information content (AvgIpc) is 2.60. The first-order valence-electron chi connectivity index (χ1n) is 5.80. The van der Waals surface area contributed by atoms with E-state index < -0.39 is 4.87 Å². The Hall–Kier alpha value is -0.760. The molecule has 0 radical (unpaired) electrons. The van der Waals surface area contributed by atoms with E-state index in [1.807, 2.05) is 12.2 Å². The number of halogens is 1. The normalized spacial score (nSPS) is 47.4. The SMILES string of the molecule is CN(C)C(=O)C1(Cl)C23C=CC=CC21CCC3. The second kappa shape index (κ2) is 2.73. The molecule has 0 saturated heterocycles. The van der Waals surface area contributed by atoms with Gasteiger partial charge in [0.05, 0.1) is 0 Å². The van der Waals surface area contributed by atoms with Gasteiger partial charge in [-0.05, 0) is 12.8 Å². The molecular weight excluding hydrogens is 222 g/mol. The molecule has 1 amide bonds. The third-order valence-electron chi connectivity index (χ3n) is 4.68. The molecular formula is C13H16ClNO. The van der Waals surface area contributed by atoms with Crippen LogP contribution >= 0.6 is 11.6 Å². The van der Waals surface area contributed by atoms with Gasteiger partial charge in [0, 0.05) is 24.9 Å². The largest absolute Gasteiger partial charge is 0.347 e. The first kappa shape index (κ1) is 10.4. The number of amides is 1. The zero-order chi connectivity index (χ0) is 11.6. The minimum absolute atomic E-state index is 0.0602. The molecule has 3 aliphatic rings. The standard InChI is InChI=1S/C13H16ClNO/c1-15(2)10(16)13(14)11-6-3-4-7-12(11,13)9-5-8-11/h3-4,6-7H,5,8-9H2,1-2H3. The van der Waals surface area contributed by atoms with Crippen molar-refractivity contribution in [1.29, 1.82) is 0 Å². The molecule has 0 aromatic carbocycles. The fourth-order valence-electron chi connectivity index (χ4n) is 3.96. The molecule has 0 heterocycles. The van der Waals surface area contributed by atoms with Crippen LogP contribution in [0.3, 0.4) is 0 Å². The van der Waals surface area contributed by atoms with E-state index in [4.69, 9.17) is 11.6 Å². The molecule has 0 aliphatic heterocycles. The highest BCUT2D eigenvalue weighted by molar-refractivity contribution is 6.40. The Balaban J connectivity index is 2.10. The lowest BCUT2D eigenvalue weighted by Gasteiger charge is -2.21. The monoisotopic (exact) mass is 237 g/mol. The number of carbonyl (C=O) groups excluding carboxylic acids is 1. The second-order valence-electron chi connectivity index (χ2n) is 5.37. The molecule has 0 spiro atoms. The van der Waals surface area contributed by atoms with Gasteiger partial charge in [-0.2, -0.15) is 0 Å². The summed E-state index contributed by atoms with van der Waals surface area (Å²) < 4.78 is 0. The zero-order valence-electron chi connectivity index (χ0n) is 9.66. The van der Waals surface area contributed by atoms with Crippen LogP contribution in [0, 0.1) is 10.8 Å². The Morgan fingerprint density at radius 1 is 1.19 bits per heavy atom. The van der Waals surface area contributed by atoms with E-state index in [0.717, 1.165) is 12.8 Å². The number of alkyl halides is 1. The minimum atomic E-state index is -0.717. The van der Waals surface area contributed by atoms with Crippen molar-refractivity contribution in [2.75, 3.05) is 14.1 Å². The van der Waals surface area contributed by atoms with Gasteiger partial charge in [-0.25, -0.2) is 0 Å². The topological polar surface area (TPSA) is 20.3 Å². The van der Waals surface area contributed by atoms with Gasteiger partial charge in [0.2, 0.25) is 5.91 Å². The molecule has 86 valence electrons. The lowest BCUT2D eigenvalue weighted by atomic mass is 9.92. The highest BCUT2D eigenvalue weighted by Gasteiger charge is 2.89. The summed E-state index contributed by atoms with van der Waals surface area (Å²) in [6, 6.07) is 0. The van der Waals surface area contributed by atoms with Crippen LogP contribution in [0.1, 0.15) is 19.3 Å². The molecule has 3 aliphatic carbocycles. The quantitative estimate of drug-likeness (QED) is 0.641. The van der Waals surface area contributed by atoms with Crippen LogP contribution in [-0.4, -0.2) is 29.8 Å². The second-order valence-corrected chi connectivity index (χ2v) is 5.94. The molecule has 3 heteroatoms. The Labute approximate surface area is 101 Å². The molecule has 2 atom stereocenters. The van der Waals surface area contributed by atoms with E-state index >= 15 is 0 Å². The first-order chi connectivity index (χ1) is 7.52. The molecule has 0 aromatic rings. The van der Waals surface area contributed by atoms with Crippen molar-refractivity contribution in [3.8, 4) is 0 Å². The smallest absolute Gasteiger partial charge is 0.245 e. The number of allylic oxidation sites excluding steroid dienone is 4.